The van der Waals surface area contributed by atoms with Crippen molar-refractivity contribution in [3.63, 3.8) is 0 Å². The summed E-state index contributed by atoms with van der Waals surface area (Å²) in [6.07, 6.45) is 2.33. The topological polar surface area (TPSA) is 38.0 Å². The van der Waals surface area contributed by atoms with E-state index in [1.807, 2.05) is 18.7 Å². The minimum Gasteiger partial charge on any atom is -0.393 e. The lowest BCUT2D eigenvalue weighted by molar-refractivity contribution is 0.184. The number of aliphatic hydroxyl groups is 1. The zero-order valence-electron chi connectivity index (χ0n) is 8.92. The highest BCUT2D eigenvalue weighted by Gasteiger charge is 2.12. The van der Waals surface area contributed by atoms with E-state index in [0.29, 0.717) is 0 Å². The molecule has 14 heavy (non-hydrogen) atoms. The summed E-state index contributed by atoms with van der Waals surface area (Å²) in [6.45, 7) is 3.90. The van der Waals surface area contributed by atoms with Crippen molar-refractivity contribution in [2.45, 2.75) is 39.2 Å². The third-order valence-electron chi connectivity index (χ3n) is 2.30. The molecule has 0 spiro atoms. The Hall–Kier alpha value is -0.350. The highest BCUT2D eigenvalue weighted by Crippen LogP contribution is 2.22. The Bertz CT molecular complexity index is 307. The molecule has 0 saturated heterocycles. The Labute approximate surface area is 93.3 Å². The largest absolute Gasteiger partial charge is 0.393 e. The molecule has 0 saturated carbocycles. The van der Waals surface area contributed by atoms with Gasteiger partial charge >= 0.3 is 0 Å². The van der Waals surface area contributed by atoms with Crippen molar-refractivity contribution in [3.05, 3.63) is 15.9 Å². The van der Waals surface area contributed by atoms with Gasteiger partial charge in [0.2, 0.25) is 0 Å². The maximum absolute atomic E-state index is 9.21. The van der Waals surface area contributed by atoms with E-state index in [2.05, 4.69) is 28.0 Å². The molecule has 0 aromatic carbocycles. The molecule has 3 nitrogen and oxygen atoms in total. The van der Waals surface area contributed by atoms with E-state index in [4.69, 9.17) is 0 Å². The maximum Gasteiger partial charge on any atom is 0.0766 e. The zero-order valence-corrected chi connectivity index (χ0v) is 10.5. The van der Waals surface area contributed by atoms with Gasteiger partial charge < -0.3 is 5.11 Å². The summed E-state index contributed by atoms with van der Waals surface area (Å²) in [5.74, 6) is 0. The smallest absolute Gasteiger partial charge is 0.0766 e. The lowest BCUT2D eigenvalue weighted by Crippen LogP contribution is -2.05. The fraction of sp³-hybridized carbons (Fsp3) is 0.700. The molecule has 1 atom stereocenters. The third-order valence-corrected chi connectivity index (χ3v) is 3.22. The molecular formula is C10H17BrN2O. The molecule has 0 bridgehead atoms. The van der Waals surface area contributed by atoms with Gasteiger partial charge in [-0.05, 0) is 42.1 Å². The number of halogens is 1. The number of hydrogen-bond acceptors (Lipinski definition) is 2. The van der Waals surface area contributed by atoms with Crippen LogP contribution < -0.4 is 0 Å². The number of aliphatic hydroxyl groups excluding tert-OH is 1. The van der Waals surface area contributed by atoms with Crippen molar-refractivity contribution in [2.75, 3.05) is 0 Å². The Morgan fingerprint density at radius 2 is 2.21 bits per heavy atom. The molecule has 4 heteroatoms. The molecule has 1 N–H and O–H groups in total. The molecule has 1 aromatic rings. The zero-order chi connectivity index (χ0) is 10.7. The van der Waals surface area contributed by atoms with Crippen molar-refractivity contribution in [2.24, 2.45) is 7.05 Å². The van der Waals surface area contributed by atoms with Gasteiger partial charge in [0.1, 0.15) is 0 Å². The molecule has 0 aliphatic carbocycles. The van der Waals surface area contributed by atoms with Crippen molar-refractivity contribution >= 4 is 15.9 Å². The van der Waals surface area contributed by atoms with Crippen molar-refractivity contribution in [3.8, 4) is 0 Å². The van der Waals surface area contributed by atoms with Crippen LogP contribution in [-0.2, 0) is 19.9 Å². The lowest BCUT2D eigenvalue weighted by atomic mass is 10.1. The SMILES string of the molecule is CCc1nn(C)c(CCC(C)O)c1Br. The van der Waals surface area contributed by atoms with Gasteiger partial charge in [0.25, 0.3) is 0 Å². The van der Waals surface area contributed by atoms with Crippen molar-refractivity contribution in [1.29, 1.82) is 0 Å². The number of aromatic nitrogens is 2. The van der Waals surface area contributed by atoms with Gasteiger partial charge in [0, 0.05) is 7.05 Å². The molecule has 0 amide bonds. The maximum atomic E-state index is 9.21. The minimum absolute atomic E-state index is 0.248. The number of rotatable bonds is 4. The minimum atomic E-state index is -0.248. The second kappa shape index (κ2) is 4.94. The van der Waals surface area contributed by atoms with Crippen LogP contribution in [0.15, 0.2) is 4.47 Å². The Morgan fingerprint density at radius 1 is 1.57 bits per heavy atom. The molecule has 0 aliphatic rings. The second-order valence-corrected chi connectivity index (χ2v) is 4.37. The summed E-state index contributed by atoms with van der Waals surface area (Å²) in [5.41, 5.74) is 2.26. The Kier molecular flexibility index (Phi) is 4.13. The van der Waals surface area contributed by atoms with E-state index in [9.17, 15) is 5.11 Å². The molecule has 1 unspecified atom stereocenters. The van der Waals surface area contributed by atoms with Crippen LogP contribution in [0.25, 0.3) is 0 Å². The van der Waals surface area contributed by atoms with E-state index < -0.39 is 0 Å². The molecular weight excluding hydrogens is 244 g/mol. The summed E-state index contributed by atoms with van der Waals surface area (Å²) >= 11 is 3.55. The first-order chi connectivity index (χ1) is 6.56. The van der Waals surface area contributed by atoms with E-state index in [-0.39, 0.29) is 6.10 Å². The standard InChI is InChI=1S/C10H17BrN2O/c1-4-8-10(11)9(13(3)12-8)6-5-7(2)14/h7,14H,4-6H2,1-3H3. The highest BCUT2D eigenvalue weighted by molar-refractivity contribution is 9.10. The van der Waals surface area contributed by atoms with Crippen LogP contribution in [0.5, 0.6) is 0 Å². The predicted molar refractivity (Wildman–Crippen MR) is 60.3 cm³/mol. The van der Waals surface area contributed by atoms with E-state index in [0.717, 1.165) is 29.4 Å². The quantitative estimate of drug-likeness (QED) is 0.900. The van der Waals surface area contributed by atoms with Gasteiger partial charge in [-0.15, -0.1) is 0 Å². The number of aryl methyl sites for hydroxylation is 2. The van der Waals surface area contributed by atoms with Gasteiger partial charge in [-0.25, -0.2) is 0 Å². The Balaban J connectivity index is 2.80. The summed E-state index contributed by atoms with van der Waals surface area (Å²) in [7, 11) is 1.95. The van der Waals surface area contributed by atoms with Crippen molar-refractivity contribution in [1.82, 2.24) is 9.78 Å². The van der Waals surface area contributed by atoms with Crippen molar-refractivity contribution < 1.29 is 5.11 Å². The van der Waals surface area contributed by atoms with E-state index >= 15 is 0 Å². The summed E-state index contributed by atoms with van der Waals surface area (Å²) in [4.78, 5) is 0. The number of nitrogens with zero attached hydrogens (tertiary/aromatic N) is 2. The van der Waals surface area contributed by atoms with Gasteiger partial charge in [0.15, 0.2) is 0 Å². The monoisotopic (exact) mass is 260 g/mol. The third kappa shape index (κ3) is 2.58. The van der Waals surface area contributed by atoms with Gasteiger partial charge in [-0.1, -0.05) is 6.92 Å². The summed E-state index contributed by atoms with van der Waals surface area (Å²) in [5, 5.41) is 13.6. The Morgan fingerprint density at radius 3 is 2.64 bits per heavy atom. The lowest BCUT2D eigenvalue weighted by Gasteiger charge is -2.04. The molecule has 1 rings (SSSR count). The molecule has 80 valence electrons. The normalized spacial score (nSPS) is 13.2. The van der Waals surface area contributed by atoms with Crippen LogP contribution in [0.1, 0.15) is 31.7 Å². The van der Waals surface area contributed by atoms with Crippen LogP contribution in [0, 0.1) is 0 Å². The second-order valence-electron chi connectivity index (χ2n) is 3.57. The predicted octanol–water partition coefficient (Wildman–Crippen LogP) is 2.06. The summed E-state index contributed by atoms with van der Waals surface area (Å²) < 4.78 is 2.99. The van der Waals surface area contributed by atoms with Gasteiger partial charge in [0.05, 0.1) is 22.0 Å². The van der Waals surface area contributed by atoms with Crippen LogP contribution in [0.2, 0.25) is 0 Å². The fourth-order valence-corrected chi connectivity index (χ4v) is 2.25. The van der Waals surface area contributed by atoms with E-state index in [1.54, 1.807) is 0 Å². The molecule has 1 aromatic heterocycles. The molecule has 1 heterocycles. The first-order valence-corrected chi connectivity index (χ1v) is 5.73. The fourth-order valence-electron chi connectivity index (χ4n) is 1.44. The average Bonchev–Trinajstić information content (AvgIpc) is 2.39. The van der Waals surface area contributed by atoms with Gasteiger partial charge in [-0.2, -0.15) is 5.10 Å². The highest BCUT2D eigenvalue weighted by atomic mass is 79.9. The first-order valence-electron chi connectivity index (χ1n) is 4.94. The average molecular weight is 261 g/mol. The first kappa shape index (κ1) is 11.7. The summed E-state index contributed by atoms with van der Waals surface area (Å²) in [6, 6.07) is 0. The molecule has 0 fully saturated rings. The van der Waals surface area contributed by atoms with Crippen LogP contribution in [0.4, 0.5) is 0 Å². The molecule has 0 aliphatic heterocycles. The van der Waals surface area contributed by atoms with Gasteiger partial charge in [-0.3, -0.25) is 4.68 Å². The molecule has 0 radical (unpaired) electrons. The van der Waals surface area contributed by atoms with Crippen LogP contribution >= 0.6 is 15.9 Å². The van der Waals surface area contributed by atoms with E-state index in [1.165, 1.54) is 5.69 Å². The number of hydrogen-bond donors (Lipinski definition) is 1. The van der Waals surface area contributed by atoms with Crippen LogP contribution in [0.3, 0.4) is 0 Å². The van der Waals surface area contributed by atoms with Crippen LogP contribution in [-0.4, -0.2) is 21.0 Å².